The Balaban J connectivity index is 1.24. The molecule has 1 aliphatic rings. The molecule has 0 aliphatic carbocycles. The highest BCUT2D eigenvalue weighted by atomic mass is 32.2. The van der Waals surface area contributed by atoms with Crippen molar-refractivity contribution in [3.05, 3.63) is 100 Å². The first kappa shape index (κ1) is 32.7. The third-order valence-corrected chi connectivity index (χ3v) is 9.48. The van der Waals surface area contributed by atoms with E-state index in [1.807, 2.05) is 79.7 Å². The SMILES string of the molecule is Cc1nnc(SCC2CC(c3ccc(CO)cc3)OC(c3ccc(-c4cccc(CNC(=O)CCCC(=O)NO)c4)cc3)O2)s1. The monoisotopic (exact) mass is 648 g/mol. The predicted molar refractivity (Wildman–Crippen MR) is 171 cm³/mol. The molecule has 4 N–H and O–H groups in total. The largest absolute Gasteiger partial charge is 0.392 e. The summed E-state index contributed by atoms with van der Waals surface area (Å²) in [5, 5.41) is 30.2. The van der Waals surface area contributed by atoms with Gasteiger partial charge in [-0.2, -0.15) is 0 Å². The zero-order chi connectivity index (χ0) is 31.6. The minimum absolute atomic E-state index is 0.00461. The van der Waals surface area contributed by atoms with E-state index in [1.54, 1.807) is 28.6 Å². The summed E-state index contributed by atoms with van der Waals surface area (Å²) in [6.45, 7) is 2.31. The van der Waals surface area contributed by atoms with Crippen LogP contribution in [0.4, 0.5) is 0 Å². The molecule has 1 saturated heterocycles. The van der Waals surface area contributed by atoms with E-state index in [2.05, 4.69) is 15.5 Å². The summed E-state index contributed by atoms with van der Waals surface area (Å²) >= 11 is 3.21. The molecule has 3 aromatic carbocycles. The van der Waals surface area contributed by atoms with Gasteiger partial charge >= 0.3 is 0 Å². The molecule has 236 valence electrons. The van der Waals surface area contributed by atoms with Gasteiger partial charge in [-0.1, -0.05) is 89.8 Å². The van der Waals surface area contributed by atoms with Crippen LogP contribution in [0.15, 0.2) is 77.1 Å². The molecule has 1 fully saturated rings. The van der Waals surface area contributed by atoms with Gasteiger partial charge in [-0.3, -0.25) is 14.8 Å². The van der Waals surface area contributed by atoms with Crippen molar-refractivity contribution in [3.8, 4) is 11.1 Å². The Bertz CT molecular complexity index is 1560. The zero-order valence-corrected chi connectivity index (χ0v) is 26.5. The molecule has 2 heterocycles. The maximum Gasteiger partial charge on any atom is 0.243 e. The van der Waals surface area contributed by atoms with Gasteiger partial charge in [0, 0.05) is 37.1 Å². The lowest BCUT2D eigenvalue weighted by Gasteiger charge is -2.36. The van der Waals surface area contributed by atoms with Crippen LogP contribution >= 0.6 is 23.1 Å². The van der Waals surface area contributed by atoms with E-state index < -0.39 is 12.2 Å². The number of thioether (sulfide) groups is 1. The number of hydrogen-bond donors (Lipinski definition) is 4. The van der Waals surface area contributed by atoms with Crippen molar-refractivity contribution in [2.24, 2.45) is 0 Å². The first-order valence-electron chi connectivity index (χ1n) is 14.7. The number of aryl methyl sites for hydroxylation is 1. The molecule has 0 spiro atoms. The topological polar surface area (TPSA) is 143 Å². The second kappa shape index (κ2) is 16.1. The van der Waals surface area contributed by atoms with E-state index in [9.17, 15) is 14.7 Å². The molecule has 45 heavy (non-hydrogen) atoms. The minimum atomic E-state index is -0.554. The summed E-state index contributed by atoms with van der Waals surface area (Å²) in [5.41, 5.74) is 7.37. The van der Waals surface area contributed by atoms with Crippen molar-refractivity contribution in [1.29, 1.82) is 0 Å². The van der Waals surface area contributed by atoms with Gasteiger partial charge in [0.1, 0.15) is 5.01 Å². The van der Waals surface area contributed by atoms with E-state index in [0.29, 0.717) is 19.4 Å². The van der Waals surface area contributed by atoms with Crippen LogP contribution in [-0.2, 0) is 32.2 Å². The summed E-state index contributed by atoms with van der Waals surface area (Å²) in [6, 6.07) is 23.9. The molecular formula is C33H36N4O6S2. The summed E-state index contributed by atoms with van der Waals surface area (Å²) in [5.74, 6) is 0.0645. The smallest absolute Gasteiger partial charge is 0.243 e. The highest BCUT2D eigenvalue weighted by Crippen LogP contribution is 2.40. The number of benzene rings is 3. The molecule has 3 unspecified atom stereocenters. The summed E-state index contributed by atoms with van der Waals surface area (Å²) in [6.07, 6.45) is 0.555. The van der Waals surface area contributed by atoms with Crippen LogP contribution in [0.1, 0.15) is 65.3 Å². The Hall–Kier alpha value is -3.65. The van der Waals surface area contributed by atoms with E-state index in [0.717, 1.165) is 48.5 Å². The molecule has 0 saturated carbocycles. The van der Waals surface area contributed by atoms with Crippen molar-refractivity contribution in [1.82, 2.24) is 21.0 Å². The van der Waals surface area contributed by atoms with E-state index in [-0.39, 0.29) is 37.6 Å². The third-order valence-electron chi connectivity index (χ3n) is 7.38. The van der Waals surface area contributed by atoms with Crippen LogP contribution in [-0.4, -0.2) is 44.2 Å². The number of nitrogens with one attached hydrogen (secondary N) is 2. The molecule has 2 amide bonds. The second-order valence-corrected chi connectivity index (χ2v) is 13.2. The van der Waals surface area contributed by atoms with Gasteiger partial charge in [0.2, 0.25) is 11.8 Å². The van der Waals surface area contributed by atoms with Gasteiger partial charge in [-0.05, 0) is 47.2 Å². The maximum atomic E-state index is 12.2. The molecule has 5 rings (SSSR count). The molecule has 3 atom stereocenters. The lowest BCUT2D eigenvalue weighted by atomic mass is 9.99. The molecule has 10 nitrogen and oxygen atoms in total. The Morgan fingerprint density at radius 1 is 0.933 bits per heavy atom. The van der Waals surface area contributed by atoms with E-state index in [1.165, 1.54) is 0 Å². The standard InChI is InChI=1S/C33H36N4O6S2/c1-21-35-36-33(45-21)44-20-28-17-29(25-10-8-22(19-38)9-11-25)43-32(42-28)26-14-12-24(13-15-26)27-5-2-4-23(16-27)18-34-30(39)6-3-7-31(40)37-41/h2,4-5,8-16,28-29,32,38,41H,3,6-7,17-20H2,1H3,(H,34,39)(H,37,40). The van der Waals surface area contributed by atoms with Crippen molar-refractivity contribution in [2.75, 3.05) is 5.75 Å². The van der Waals surface area contributed by atoms with Gasteiger partial charge in [0.05, 0.1) is 18.8 Å². The molecular weight excluding hydrogens is 613 g/mol. The summed E-state index contributed by atoms with van der Waals surface area (Å²) in [7, 11) is 0. The normalized spacial score (nSPS) is 18.0. The van der Waals surface area contributed by atoms with Crippen LogP contribution in [0, 0.1) is 6.92 Å². The number of rotatable bonds is 13. The Kier molecular flexibility index (Phi) is 11.7. The third kappa shape index (κ3) is 9.42. The van der Waals surface area contributed by atoms with Gasteiger partial charge in [0.25, 0.3) is 0 Å². The number of nitrogens with zero attached hydrogens (tertiary/aromatic N) is 2. The highest BCUT2D eigenvalue weighted by Gasteiger charge is 2.32. The molecule has 0 radical (unpaired) electrons. The molecule has 1 aliphatic heterocycles. The van der Waals surface area contributed by atoms with Crippen LogP contribution in [0.3, 0.4) is 0 Å². The van der Waals surface area contributed by atoms with Crippen LogP contribution in [0.5, 0.6) is 0 Å². The highest BCUT2D eigenvalue weighted by molar-refractivity contribution is 8.01. The lowest BCUT2D eigenvalue weighted by Crippen LogP contribution is -2.31. The number of ether oxygens (including phenoxy) is 2. The average molecular weight is 649 g/mol. The molecule has 1 aromatic heterocycles. The second-order valence-electron chi connectivity index (χ2n) is 10.7. The Morgan fingerprint density at radius 2 is 1.69 bits per heavy atom. The fourth-order valence-electron chi connectivity index (χ4n) is 4.97. The molecule has 4 aromatic rings. The van der Waals surface area contributed by atoms with Crippen LogP contribution < -0.4 is 10.8 Å². The number of hydrogen-bond acceptors (Lipinski definition) is 10. The van der Waals surface area contributed by atoms with Crippen molar-refractivity contribution < 1.29 is 29.4 Å². The zero-order valence-electron chi connectivity index (χ0n) is 24.8. The quantitative estimate of drug-likeness (QED) is 0.0824. The lowest BCUT2D eigenvalue weighted by molar-refractivity contribution is -0.245. The van der Waals surface area contributed by atoms with E-state index in [4.69, 9.17) is 14.7 Å². The summed E-state index contributed by atoms with van der Waals surface area (Å²) < 4.78 is 13.9. The minimum Gasteiger partial charge on any atom is -0.392 e. The van der Waals surface area contributed by atoms with Gasteiger partial charge in [-0.15, -0.1) is 10.2 Å². The number of aliphatic hydroxyl groups is 1. The summed E-state index contributed by atoms with van der Waals surface area (Å²) in [4.78, 5) is 23.3. The molecule has 0 bridgehead atoms. The van der Waals surface area contributed by atoms with Gasteiger partial charge < -0.3 is 19.9 Å². The fourth-order valence-corrected chi connectivity index (χ4v) is 6.83. The van der Waals surface area contributed by atoms with Crippen LogP contribution in [0.2, 0.25) is 0 Å². The van der Waals surface area contributed by atoms with Crippen LogP contribution in [0.25, 0.3) is 11.1 Å². The first-order chi connectivity index (χ1) is 21.9. The fraction of sp³-hybridized carbons (Fsp3) is 0.333. The van der Waals surface area contributed by atoms with Crippen molar-refractivity contribution in [3.63, 3.8) is 0 Å². The number of amides is 2. The van der Waals surface area contributed by atoms with Gasteiger partial charge in [-0.25, -0.2) is 5.48 Å². The average Bonchev–Trinajstić information content (AvgIpc) is 3.51. The maximum absolute atomic E-state index is 12.2. The first-order valence-corrected chi connectivity index (χ1v) is 16.5. The van der Waals surface area contributed by atoms with E-state index >= 15 is 0 Å². The number of carbonyl (C=O) groups excluding carboxylic acids is 2. The Morgan fingerprint density at radius 3 is 2.40 bits per heavy atom. The molecule has 12 heteroatoms. The number of aliphatic hydroxyl groups excluding tert-OH is 1. The van der Waals surface area contributed by atoms with Crippen molar-refractivity contribution >= 4 is 34.9 Å². The number of carbonyl (C=O) groups is 2. The predicted octanol–water partition coefficient (Wildman–Crippen LogP) is 5.64. The number of hydroxylamine groups is 1. The Labute approximate surface area is 270 Å². The van der Waals surface area contributed by atoms with Crippen molar-refractivity contribution in [2.45, 2.75) is 68.6 Å². The number of aromatic nitrogens is 2. The van der Waals surface area contributed by atoms with Gasteiger partial charge in [0.15, 0.2) is 10.6 Å².